The van der Waals surface area contributed by atoms with Crippen molar-refractivity contribution in [2.75, 3.05) is 18.1 Å². The number of halogens is 1. The van der Waals surface area contributed by atoms with Crippen LogP contribution >= 0.6 is 0 Å². The fraction of sp³-hybridized carbons (Fsp3) is 0.310. The Labute approximate surface area is 210 Å². The maximum Gasteiger partial charge on any atom is 0.259 e. The molecule has 1 N–H and O–H groups in total. The molecule has 1 aliphatic heterocycles. The van der Waals surface area contributed by atoms with E-state index in [1.54, 1.807) is 30.3 Å². The Morgan fingerprint density at radius 3 is 2.36 bits per heavy atom. The van der Waals surface area contributed by atoms with Gasteiger partial charge >= 0.3 is 0 Å². The molecular weight excluding hydrogens is 459 g/mol. The normalized spacial score (nSPS) is 15.8. The molecule has 2 amide bonds. The minimum absolute atomic E-state index is 0.0589. The highest BCUT2D eigenvalue weighted by atomic mass is 19.1. The number of fused-ring (bicyclic) bond motifs is 1. The Kier molecular flexibility index (Phi) is 6.89. The van der Waals surface area contributed by atoms with Gasteiger partial charge in [-0.2, -0.15) is 0 Å². The van der Waals surface area contributed by atoms with Crippen LogP contribution in [0.4, 0.5) is 10.1 Å². The van der Waals surface area contributed by atoms with E-state index in [1.807, 2.05) is 31.2 Å². The number of nitrogens with one attached hydrogen (secondary N) is 1. The van der Waals surface area contributed by atoms with E-state index in [4.69, 9.17) is 9.47 Å². The van der Waals surface area contributed by atoms with Crippen molar-refractivity contribution in [2.24, 2.45) is 0 Å². The van der Waals surface area contributed by atoms with Crippen molar-refractivity contribution in [1.82, 2.24) is 5.32 Å². The number of benzene rings is 3. The van der Waals surface area contributed by atoms with E-state index in [1.165, 1.54) is 17.0 Å². The molecule has 1 atom stereocenters. The zero-order chi connectivity index (χ0) is 25.1. The summed E-state index contributed by atoms with van der Waals surface area (Å²) in [6.07, 6.45) is 3.93. The molecule has 5 rings (SSSR count). The number of carbonyl (C=O) groups is 2. The Morgan fingerprint density at radius 1 is 0.944 bits per heavy atom. The Balaban J connectivity index is 1.61. The van der Waals surface area contributed by atoms with E-state index >= 15 is 0 Å². The van der Waals surface area contributed by atoms with Gasteiger partial charge in [0.05, 0.1) is 0 Å². The molecule has 3 aromatic rings. The average molecular weight is 489 g/mol. The van der Waals surface area contributed by atoms with Crippen molar-refractivity contribution >= 4 is 17.5 Å². The van der Waals surface area contributed by atoms with Crippen molar-refractivity contribution in [2.45, 2.75) is 44.7 Å². The summed E-state index contributed by atoms with van der Waals surface area (Å²) in [4.78, 5) is 29.5. The first-order chi connectivity index (χ1) is 17.5. The number of rotatable bonds is 6. The quantitative estimate of drug-likeness (QED) is 0.508. The summed E-state index contributed by atoms with van der Waals surface area (Å²) in [7, 11) is 0. The lowest BCUT2D eigenvalue weighted by molar-refractivity contribution is -0.123. The van der Waals surface area contributed by atoms with Crippen LogP contribution in [0.15, 0.2) is 66.7 Å². The van der Waals surface area contributed by atoms with Crippen molar-refractivity contribution < 1.29 is 23.5 Å². The maximum atomic E-state index is 14.2. The molecule has 1 saturated carbocycles. The molecule has 0 bridgehead atoms. The smallest absolute Gasteiger partial charge is 0.259 e. The molecule has 1 heterocycles. The van der Waals surface area contributed by atoms with Crippen LogP contribution < -0.4 is 19.7 Å². The standard InChI is InChI=1S/C29H29FN2O4/c1-19-6-2-5-9-24(19)32(29(34)21-12-15-25-26(18-21)36-17-16-35-25)27(20-10-13-22(30)14-11-20)28(33)31-23-7-3-4-8-23/h2,5-6,9-15,18,23,27H,3-4,7-8,16-17H2,1H3,(H,31,33)/t27-/m1/s1. The van der Waals surface area contributed by atoms with Crippen LogP contribution in [0.3, 0.4) is 0 Å². The van der Waals surface area contributed by atoms with E-state index in [2.05, 4.69) is 5.32 Å². The van der Waals surface area contributed by atoms with Crippen LogP contribution in [0.2, 0.25) is 0 Å². The monoisotopic (exact) mass is 488 g/mol. The van der Waals surface area contributed by atoms with Crippen LogP contribution in [0.1, 0.15) is 53.2 Å². The first kappa shape index (κ1) is 23.9. The van der Waals surface area contributed by atoms with E-state index in [-0.39, 0.29) is 17.9 Å². The van der Waals surface area contributed by atoms with Gasteiger partial charge in [0, 0.05) is 17.3 Å². The predicted molar refractivity (Wildman–Crippen MR) is 135 cm³/mol. The van der Waals surface area contributed by atoms with Gasteiger partial charge in [0.15, 0.2) is 11.5 Å². The van der Waals surface area contributed by atoms with Crippen LogP contribution in [-0.2, 0) is 4.79 Å². The summed E-state index contributed by atoms with van der Waals surface area (Å²) in [5, 5.41) is 3.15. The Morgan fingerprint density at radius 2 is 1.64 bits per heavy atom. The van der Waals surface area contributed by atoms with E-state index < -0.39 is 11.9 Å². The summed E-state index contributed by atoms with van der Waals surface area (Å²) in [5.41, 5.74) is 2.33. The van der Waals surface area contributed by atoms with Gasteiger partial charge in [0.2, 0.25) is 5.91 Å². The van der Waals surface area contributed by atoms with Crippen LogP contribution in [0.5, 0.6) is 11.5 Å². The lowest BCUT2D eigenvalue weighted by Crippen LogP contribution is -2.46. The third-order valence-corrected chi connectivity index (χ3v) is 6.78. The van der Waals surface area contributed by atoms with Gasteiger partial charge in [-0.3, -0.25) is 14.5 Å². The third kappa shape index (κ3) is 4.91. The summed E-state index contributed by atoms with van der Waals surface area (Å²) in [6, 6.07) is 17.3. The van der Waals surface area contributed by atoms with E-state index in [0.717, 1.165) is 31.2 Å². The maximum absolute atomic E-state index is 14.2. The van der Waals surface area contributed by atoms with Gasteiger partial charge in [-0.15, -0.1) is 0 Å². The second-order valence-electron chi connectivity index (χ2n) is 9.26. The fourth-order valence-electron chi connectivity index (χ4n) is 4.93. The summed E-state index contributed by atoms with van der Waals surface area (Å²) in [5.74, 6) is 0.00834. The zero-order valence-corrected chi connectivity index (χ0v) is 20.2. The number of carbonyl (C=O) groups excluding carboxylic acids is 2. The SMILES string of the molecule is Cc1ccccc1N(C(=O)c1ccc2c(c1)OCCO2)[C@@H](C(=O)NC1CCCC1)c1ccc(F)cc1. The highest BCUT2D eigenvalue weighted by Gasteiger charge is 2.36. The number of anilines is 1. The molecule has 0 aromatic heterocycles. The molecular formula is C29H29FN2O4. The van der Waals surface area contributed by atoms with Crippen molar-refractivity contribution in [3.05, 3.63) is 89.2 Å². The Bertz CT molecular complexity index is 1250. The molecule has 0 spiro atoms. The molecule has 186 valence electrons. The van der Waals surface area contributed by atoms with Crippen LogP contribution in [-0.4, -0.2) is 31.1 Å². The van der Waals surface area contributed by atoms with Gasteiger partial charge in [-0.1, -0.05) is 43.2 Å². The van der Waals surface area contributed by atoms with Gasteiger partial charge in [0.1, 0.15) is 25.1 Å². The number of hydrogen-bond acceptors (Lipinski definition) is 4. The molecule has 36 heavy (non-hydrogen) atoms. The molecule has 0 radical (unpaired) electrons. The molecule has 1 fully saturated rings. The molecule has 1 aliphatic carbocycles. The number of nitrogens with zero attached hydrogens (tertiary/aromatic N) is 1. The average Bonchev–Trinajstić information content (AvgIpc) is 3.41. The van der Waals surface area contributed by atoms with Crippen LogP contribution in [0.25, 0.3) is 0 Å². The summed E-state index contributed by atoms with van der Waals surface area (Å²) in [6.45, 7) is 2.74. The zero-order valence-electron chi connectivity index (χ0n) is 20.2. The second kappa shape index (κ2) is 10.4. The van der Waals surface area contributed by atoms with Crippen molar-refractivity contribution in [3.63, 3.8) is 0 Å². The van der Waals surface area contributed by atoms with Crippen LogP contribution in [0, 0.1) is 12.7 Å². The van der Waals surface area contributed by atoms with E-state index in [9.17, 15) is 14.0 Å². The predicted octanol–water partition coefficient (Wildman–Crippen LogP) is 5.35. The van der Waals surface area contributed by atoms with Gasteiger partial charge in [0.25, 0.3) is 5.91 Å². The number of para-hydroxylation sites is 1. The summed E-state index contributed by atoms with van der Waals surface area (Å²) >= 11 is 0. The number of hydrogen-bond donors (Lipinski definition) is 1. The minimum Gasteiger partial charge on any atom is -0.486 e. The minimum atomic E-state index is -0.993. The topological polar surface area (TPSA) is 67.9 Å². The third-order valence-electron chi connectivity index (χ3n) is 6.78. The first-order valence-corrected chi connectivity index (χ1v) is 12.4. The van der Waals surface area contributed by atoms with E-state index in [0.29, 0.717) is 41.5 Å². The van der Waals surface area contributed by atoms with Gasteiger partial charge < -0.3 is 14.8 Å². The van der Waals surface area contributed by atoms with Gasteiger partial charge in [-0.05, 0) is 67.3 Å². The molecule has 6 nitrogen and oxygen atoms in total. The second-order valence-corrected chi connectivity index (χ2v) is 9.26. The largest absolute Gasteiger partial charge is 0.486 e. The number of ether oxygens (including phenoxy) is 2. The number of amides is 2. The molecule has 0 saturated heterocycles. The summed E-state index contributed by atoms with van der Waals surface area (Å²) < 4.78 is 25.2. The van der Waals surface area contributed by atoms with Gasteiger partial charge in [-0.25, -0.2) is 4.39 Å². The molecule has 0 unspecified atom stereocenters. The van der Waals surface area contributed by atoms with Crippen molar-refractivity contribution in [3.8, 4) is 11.5 Å². The lowest BCUT2D eigenvalue weighted by Gasteiger charge is -2.33. The first-order valence-electron chi connectivity index (χ1n) is 12.4. The molecule has 2 aliphatic rings. The lowest BCUT2D eigenvalue weighted by atomic mass is 9.99. The van der Waals surface area contributed by atoms with Crippen molar-refractivity contribution in [1.29, 1.82) is 0 Å². The highest BCUT2D eigenvalue weighted by molar-refractivity contribution is 6.10. The molecule has 3 aromatic carbocycles. The number of aryl methyl sites for hydroxylation is 1. The highest BCUT2D eigenvalue weighted by Crippen LogP contribution is 2.36. The fourth-order valence-corrected chi connectivity index (χ4v) is 4.93. The Hall–Kier alpha value is -3.87. The molecule has 7 heteroatoms.